The van der Waals surface area contributed by atoms with Crippen LogP contribution in [-0.2, 0) is 0 Å². The molecule has 0 aliphatic heterocycles. The van der Waals surface area contributed by atoms with Gasteiger partial charge in [-0.2, -0.15) is 0 Å². The van der Waals surface area contributed by atoms with Crippen molar-refractivity contribution in [3.05, 3.63) is 18.2 Å². The molecule has 0 fully saturated rings. The summed E-state index contributed by atoms with van der Waals surface area (Å²) in [7, 11) is 0. The summed E-state index contributed by atoms with van der Waals surface area (Å²) in [5.74, 6) is 0.968. The van der Waals surface area contributed by atoms with Crippen LogP contribution < -0.4 is 0 Å². The molecule has 0 aromatic carbocycles. The molecular formula is C16H32N2. The predicted octanol–water partition coefficient (Wildman–Crippen LogP) is 5.65. The summed E-state index contributed by atoms with van der Waals surface area (Å²) in [4.78, 5) is 6.75. The van der Waals surface area contributed by atoms with Gasteiger partial charge in [-0.25, -0.2) is 4.98 Å². The third-order valence-electron chi connectivity index (χ3n) is 3.09. The SMILES string of the molecule is CCCCCCCCCCCC.Cc1ncc[nH]1. The van der Waals surface area contributed by atoms with Gasteiger partial charge in [0.25, 0.3) is 0 Å². The van der Waals surface area contributed by atoms with Crippen molar-refractivity contribution in [2.24, 2.45) is 0 Å². The summed E-state index contributed by atoms with van der Waals surface area (Å²) in [6.07, 6.45) is 18.0. The fraction of sp³-hybridized carbons (Fsp3) is 0.812. The molecule has 0 aliphatic rings. The van der Waals surface area contributed by atoms with E-state index in [2.05, 4.69) is 23.8 Å². The van der Waals surface area contributed by atoms with Gasteiger partial charge in [0.05, 0.1) is 0 Å². The van der Waals surface area contributed by atoms with Gasteiger partial charge >= 0.3 is 0 Å². The van der Waals surface area contributed by atoms with Crippen molar-refractivity contribution in [3.8, 4) is 0 Å². The average Bonchev–Trinajstić information content (AvgIpc) is 2.85. The van der Waals surface area contributed by atoms with Crippen molar-refractivity contribution in [1.29, 1.82) is 0 Å². The molecule has 0 saturated carbocycles. The molecule has 0 unspecified atom stereocenters. The van der Waals surface area contributed by atoms with Crippen molar-refractivity contribution >= 4 is 0 Å². The summed E-state index contributed by atoms with van der Waals surface area (Å²) < 4.78 is 0. The Kier molecular flexibility index (Phi) is 13.6. The number of unbranched alkanes of at least 4 members (excludes halogenated alkanes) is 9. The van der Waals surface area contributed by atoms with Gasteiger partial charge in [-0.05, 0) is 6.92 Å². The van der Waals surface area contributed by atoms with E-state index in [-0.39, 0.29) is 0 Å². The number of nitrogens with one attached hydrogen (secondary N) is 1. The zero-order valence-corrected chi connectivity index (χ0v) is 12.7. The molecule has 2 nitrogen and oxygen atoms in total. The molecule has 0 amide bonds. The lowest BCUT2D eigenvalue weighted by Crippen LogP contribution is -1.80. The Balaban J connectivity index is 0.000000397. The molecule has 0 atom stereocenters. The van der Waals surface area contributed by atoms with Crippen LogP contribution in [0.25, 0.3) is 0 Å². The van der Waals surface area contributed by atoms with Gasteiger partial charge in [-0.15, -0.1) is 0 Å². The maximum atomic E-state index is 3.86. The summed E-state index contributed by atoms with van der Waals surface area (Å²) in [5, 5.41) is 0. The zero-order chi connectivity index (χ0) is 13.5. The number of rotatable bonds is 9. The van der Waals surface area contributed by atoms with E-state index in [0.717, 1.165) is 5.82 Å². The first-order valence-corrected chi connectivity index (χ1v) is 7.77. The smallest absolute Gasteiger partial charge is 0.102 e. The minimum absolute atomic E-state index is 0.968. The second kappa shape index (κ2) is 14.3. The molecule has 1 aromatic rings. The van der Waals surface area contributed by atoms with Crippen LogP contribution in [0.4, 0.5) is 0 Å². The Morgan fingerprint density at radius 2 is 1.28 bits per heavy atom. The van der Waals surface area contributed by atoms with E-state index >= 15 is 0 Å². The van der Waals surface area contributed by atoms with Gasteiger partial charge in [0.15, 0.2) is 0 Å². The fourth-order valence-corrected chi connectivity index (χ4v) is 1.90. The van der Waals surface area contributed by atoms with E-state index in [4.69, 9.17) is 0 Å². The topological polar surface area (TPSA) is 28.7 Å². The molecule has 2 heteroatoms. The highest BCUT2D eigenvalue weighted by molar-refractivity contribution is 4.80. The Morgan fingerprint density at radius 1 is 0.833 bits per heavy atom. The Bertz CT molecular complexity index is 219. The number of hydrogen-bond donors (Lipinski definition) is 1. The Labute approximate surface area is 114 Å². The summed E-state index contributed by atoms with van der Waals surface area (Å²) in [6, 6.07) is 0. The third kappa shape index (κ3) is 13.3. The molecule has 0 aliphatic carbocycles. The summed E-state index contributed by atoms with van der Waals surface area (Å²) >= 11 is 0. The van der Waals surface area contributed by atoms with Gasteiger partial charge < -0.3 is 4.98 Å². The lowest BCUT2D eigenvalue weighted by atomic mass is 10.1. The average molecular weight is 252 g/mol. The maximum Gasteiger partial charge on any atom is 0.102 e. The van der Waals surface area contributed by atoms with E-state index < -0.39 is 0 Å². The molecule has 1 aromatic heterocycles. The maximum absolute atomic E-state index is 3.86. The predicted molar refractivity (Wildman–Crippen MR) is 80.8 cm³/mol. The number of aromatic nitrogens is 2. The first-order chi connectivity index (χ1) is 8.81. The minimum Gasteiger partial charge on any atom is -0.349 e. The van der Waals surface area contributed by atoms with Crippen LogP contribution in [0, 0.1) is 6.92 Å². The van der Waals surface area contributed by atoms with E-state index in [0.29, 0.717) is 0 Å². The first kappa shape index (κ1) is 17.2. The van der Waals surface area contributed by atoms with Crippen LogP contribution in [-0.4, -0.2) is 9.97 Å². The Hall–Kier alpha value is -0.790. The highest BCUT2D eigenvalue weighted by Gasteiger charge is 1.90. The normalized spacial score (nSPS) is 9.94. The fourth-order valence-electron chi connectivity index (χ4n) is 1.90. The van der Waals surface area contributed by atoms with Gasteiger partial charge in [-0.3, -0.25) is 0 Å². The highest BCUT2D eigenvalue weighted by atomic mass is 14.9. The second-order valence-corrected chi connectivity index (χ2v) is 5.00. The van der Waals surface area contributed by atoms with Crippen molar-refractivity contribution in [2.75, 3.05) is 0 Å². The van der Waals surface area contributed by atoms with Gasteiger partial charge in [-0.1, -0.05) is 78.1 Å². The standard InChI is InChI=1S/C12H26.C4H6N2/c1-3-5-7-9-11-12-10-8-6-4-2;1-4-5-2-3-6-4/h3-12H2,1-2H3;2-3H,1H3,(H,5,6). The molecule has 0 saturated heterocycles. The number of H-pyrrole nitrogens is 1. The van der Waals surface area contributed by atoms with Crippen LogP contribution in [0.5, 0.6) is 0 Å². The van der Waals surface area contributed by atoms with Crippen LogP contribution in [0.3, 0.4) is 0 Å². The highest BCUT2D eigenvalue weighted by Crippen LogP contribution is 2.09. The zero-order valence-electron chi connectivity index (χ0n) is 12.7. The molecule has 18 heavy (non-hydrogen) atoms. The van der Waals surface area contributed by atoms with Crippen LogP contribution in [0.2, 0.25) is 0 Å². The largest absolute Gasteiger partial charge is 0.349 e. The number of aromatic amines is 1. The van der Waals surface area contributed by atoms with Gasteiger partial charge in [0, 0.05) is 12.4 Å². The number of hydrogen-bond acceptors (Lipinski definition) is 1. The van der Waals surface area contributed by atoms with Crippen LogP contribution in [0.15, 0.2) is 12.4 Å². The molecule has 0 radical (unpaired) electrons. The molecule has 1 rings (SSSR count). The van der Waals surface area contributed by atoms with Crippen molar-refractivity contribution < 1.29 is 0 Å². The molecular weight excluding hydrogens is 220 g/mol. The van der Waals surface area contributed by atoms with Crippen molar-refractivity contribution in [3.63, 3.8) is 0 Å². The summed E-state index contributed by atoms with van der Waals surface area (Å²) in [5.41, 5.74) is 0. The molecule has 1 N–H and O–H groups in total. The third-order valence-corrected chi connectivity index (χ3v) is 3.09. The lowest BCUT2D eigenvalue weighted by molar-refractivity contribution is 0.562. The molecule has 0 spiro atoms. The number of imidazole rings is 1. The van der Waals surface area contributed by atoms with E-state index in [9.17, 15) is 0 Å². The van der Waals surface area contributed by atoms with Crippen molar-refractivity contribution in [1.82, 2.24) is 9.97 Å². The first-order valence-electron chi connectivity index (χ1n) is 7.77. The number of nitrogens with zero attached hydrogens (tertiary/aromatic N) is 1. The van der Waals surface area contributed by atoms with E-state index in [1.165, 1.54) is 64.2 Å². The van der Waals surface area contributed by atoms with Gasteiger partial charge in [0.2, 0.25) is 0 Å². The Morgan fingerprint density at radius 3 is 1.50 bits per heavy atom. The minimum atomic E-state index is 0.968. The summed E-state index contributed by atoms with van der Waals surface area (Å²) in [6.45, 7) is 6.47. The quantitative estimate of drug-likeness (QED) is 0.566. The second-order valence-electron chi connectivity index (χ2n) is 5.00. The lowest BCUT2D eigenvalue weighted by Gasteiger charge is -1.99. The molecule has 0 bridgehead atoms. The van der Waals surface area contributed by atoms with E-state index in [1.54, 1.807) is 12.4 Å². The van der Waals surface area contributed by atoms with Crippen LogP contribution >= 0.6 is 0 Å². The number of aryl methyl sites for hydroxylation is 1. The van der Waals surface area contributed by atoms with Gasteiger partial charge in [0.1, 0.15) is 5.82 Å². The molecule has 106 valence electrons. The van der Waals surface area contributed by atoms with Crippen molar-refractivity contribution in [2.45, 2.75) is 85.0 Å². The molecule has 1 heterocycles. The van der Waals surface area contributed by atoms with E-state index in [1.807, 2.05) is 6.92 Å². The van der Waals surface area contributed by atoms with Crippen LogP contribution in [0.1, 0.15) is 83.9 Å². The monoisotopic (exact) mass is 252 g/mol.